The smallest absolute Gasteiger partial charge is 0.307 e. The number of fused-ring (bicyclic) bond motifs is 1. The minimum Gasteiger partial charge on any atom is -0.481 e. The molecule has 1 heterocycles. The number of benzene rings is 2. The second kappa shape index (κ2) is 7.93. The summed E-state index contributed by atoms with van der Waals surface area (Å²) in [5.74, 6) is -0.951. The van der Waals surface area contributed by atoms with Crippen molar-refractivity contribution in [3.05, 3.63) is 48.0 Å². The van der Waals surface area contributed by atoms with Crippen LogP contribution in [-0.2, 0) is 9.63 Å². The van der Waals surface area contributed by atoms with E-state index >= 15 is 0 Å². The Morgan fingerprint density at radius 3 is 3.00 bits per heavy atom. The van der Waals surface area contributed by atoms with Gasteiger partial charge in [0.1, 0.15) is 6.61 Å². The lowest BCUT2D eigenvalue weighted by Gasteiger charge is -2.29. The molecule has 0 radical (unpaired) electrons. The molecule has 0 amide bonds. The van der Waals surface area contributed by atoms with Crippen molar-refractivity contribution in [1.29, 1.82) is 0 Å². The molecular weight excluding hydrogens is 304 g/mol. The topological polar surface area (TPSA) is 62.1 Å². The number of carboxylic acids is 1. The van der Waals surface area contributed by atoms with E-state index in [4.69, 9.17) is 9.94 Å². The lowest BCUT2D eigenvalue weighted by Crippen LogP contribution is -2.40. The van der Waals surface area contributed by atoms with Crippen LogP contribution in [0, 0.1) is 5.92 Å². The van der Waals surface area contributed by atoms with Gasteiger partial charge in [-0.3, -0.25) is 9.69 Å². The monoisotopic (exact) mass is 326 g/mol. The predicted molar refractivity (Wildman–Crippen MR) is 94.3 cm³/mol. The van der Waals surface area contributed by atoms with Crippen molar-refractivity contribution < 1.29 is 14.7 Å². The largest absolute Gasteiger partial charge is 0.481 e. The Balaban J connectivity index is 1.49. The molecule has 0 saturated carbocycles. The molecule has 1 fully saturated rings. The molecule has 0 spiro atoms. The van der Waals surface area contributed by atoms with Gasteiger partial charge < -0.3 is 9.94 Å². The molecule has 1 aliphatic heterocycles. The highest BCUT2D eigenvalue weighted by Gasteiger charge is 2.24. The first-order valence-electron chi connectivity index (χ1n) is 8.32. The summed E-state index contributed by atoms with van der Waals surface area (Å²) in [6, 6.07) is 14.3. The summed E-state index contributed by atoms with van der Waals surface area (Å²) >= 11 is 0. The third kappa shape index (κ3) is 4.11. The highest BCUT2D eigenvalue weighted by molar-refractivity contribution is 5.99. The SMILES string of the molecule is O=C(O)C1CCCN(CCO/N=C/c2cccc3ccccc23)C1. The highest BCUT2D eigenvalue weighted by atomic mass is 16.6. The maximum atomic E-state index is 11.1. The lowest BCUT2D eigenvalue weighted by molar-refractivity contribution is -0.143. The molecule has 0 aromatic heterocycles. The summed E-state index contributed by atoms with van der Waals surface area (Å²) in [6.07, 6.45) is 3.43. The minimum atomic E-state index is -0.699. The van der Waals surface area contributed by atoms with Crippen LogP contribution in [0.2, 0.25) is 0 Å². The van der Waals surface area contributed by atoms with E-state index in [0.717, 1.165) is 30.3 Å². The molecule has 1 aliphatic rings. The van der Waals surface area contributed by atoms with E-state index in [2.05, 4.69) is 28.3 Å². The van der Waals surface area contributed by atoms with E-state index < -0.39 is 5.97 Å². The Labute approximate surface area is 141 Å². The zero-order valence-corrected chi connectivity index (χ0v) is 13.6. The number of aliphatic carboxylic acids is 1. The Bertz CT molecular complexity index is 724. The number of hydrogen-bond donors (Lipinski definition) is 1. The van der Waals surface area contributed by atoms with Crippen LogP contribution in [0.1, 0.15) is 18.4 Å². The third-order valence-electron chi connectivity index (χ3n) is 4.44. The maximum absolute atomic E-state index is 11.1. The Morgan fingerprint density at radius 1 is 1.29 bits per heavy atom. The Hall–Kier alpha value is -2.40. The van der Waals surface area contributed by atoms with Crippen LogP contribution in [0.25, 0.3) is 10.8 Å². The number of piperidine rings is 1. The van der Waals surface area contributed by atoms with E-state index in [0.29, 0.717) is 19.7 Å². The molecule has 2 aromatic carbocycles. The van der Waals surface area contributed by atoms with Crippen molar-refractivity contribution in [1.82, 2.24) is 4.90 Å². The lowest BCUT2D eigenvalue weighted by atomic mass is 9.98. The van der Waals surface area contributed by atoms with Crippen molar-refractivity contribution in [2.45, 2.75) is 12.8 Å². The van der Waals surface area contributed by atoms with Gasteiger partial charge in [0.05, 0.1) is 12.1 Å². The van der Waals surface area contributed by atoms with Gasteiger partial charge in [-0.25, -0.2) is 0 Å². The van der Waals surface area contributed by atoms with Crippen LogP contribution in [0.3, 0.4) is 0 Å². The number of rotatable bonds is 6. The van der Waals surface area contributed by atoms with Gasteiger partial charge >= 0.3 is 5.97 Å². The molecule has 0 aliphatic carbocycles. The van der Waals surface area contributed by atoms with Gasteiger partial charge in [-0.1, -0.05) is 47.6 Å². The fraction of sp³-hybridized carbons (Fsp3) is 0.368. The van der Waals surface area contributed by atoms with Crippen LogP contribution in [0.15, 0.2) is 47.6 Å². The first kappa shape index (κ1) is 16.5. The Kier molecular flexibility index (Phi) is 5.43. The van der Waals surface area contributed by atoms with Gasteiger partial charge in [0.15, 0.2) is 0 Å². The van der Waals surface area contributed by atoms with Crippen LogP contribution < -0.4 is 0 Å². The third-order valence-corrected chi connectivity index (χ3v) is 4.44. The minimum absolute atomic E-state index is 0.252. The normalized spacial score (nSPS) is 18.9. The van der Waals surface area contributed by atoms with Crippen LogP contribution >= 0.6 is 0 Å². The molecule has 1 saturated heterocycles. The number of nitrogens with zero attached hydrogens (tertiary/aromatic N) is 2. The Morgan fingerprint density at radius 2 is 2.12 bits per heavy atom. The summed E-state index contributed by atoms with van der Waals surface area (Å²) in [4.78, 5) is 18.6. The highest BCUT2D eigenvalue weighted by Crippen LogP contribution is 2.17. The van der Waals surface area contributed by atoms with E-state index in [9.17, 15) is 4.79 Å². The number of carboxylic acid groups (broad SMARTS) is 1. The fourth-order valence-corrected chi connectivity index (χ4v) is 3.14. The summed E-state index contributed by atoms with van der Waals surface area (Å²) in [7, 11) is 0. The zero-order valence-electron chi connectivity index (χ0n) is 13.6. The summed E-state index contributed by atoms with van der Waals surface area (Å²) in [6.45, 7) is 2.70. The van der Waals surface area contributed by atoms with E-state index in [1.807, 2.05) is 24.3 Å². The zero-order chi connectivity index (χ0) is 16.8. The number of oxime groups is 1. The molecule has 3 rings (SSSR count). The molecule has 1 N–H and O–H groups in total. The average molecular weight is 326 g/mol. The van der Waals surface area contributed by atoms with Crippen LogP contribution in [0.4, 0.5) is 0 Å². The maximum Gasteiger partial charge on any atom is 0.307 e. The molecular formula is C19H22N2O3. The predicted octanol–water partition coefficient (Wildman–Crippen LogP) is 2.99. The van der Waals surface area contributed by atoms with Crippen LogP contribution in [-0.4, -0.2) is 48.4 Å². The molecule has 1 unspecified atom stereocenters. The molecule has 1 atom stereocenters. The second-order valence-corrected chi connectivity index (χ2v) is 6.11. The van der Waals surface area contributed by atoms with Gasteiger partial charge in [-0.05, 0) is 30.2 Å². The first-order chi connectivity index (χ1) is 11.7. The molecule has 5 heteroatoms. The van der Waals surface area contributed by atoms with Crippen molar-refractivity contribution in [3.8, 4) is 0 Å². The summed E-state index contributed by atoms with van der Waals surface area (Å²) in [5, 5.41) is 15.5. The van der Waals surface area contributed by atoms with Crippen molar-refractivity contribution in [2.75, 3.05) is 26.2 Å². The van der Waals surface area contributed by atoms with Crippen molar-refractivity contribution >= 4 is 23.0 Å². The summed E-state index contributed by atoms with van der Waals surface area (Å²) in [5.41, 5.74) is 1.03. The molecule has 24 heavy (non-hydrogen) atoms. The van der Waals surface area contributed by atoms with Gasteiger partial charge in [-0.15, -0.1) is 0 Å². The fourth-order valence-electron chi connectivity index (χ4n) is 3.14. The van der Waals surface area contributed by atoms with Gasteiger partial charge in [-0.2, -0.15) is 0 Å². The van der Waals surface area contributed by atoms with Crippen LogP contribution in [0.5, 0.6) is 0 Å². The van der Waals surface area contributed by atoms with E-state index in [-0.39, 0.29) is 5.92 Å². The van der Waals surface area contributed by atoms with Crippen molar-refractivity contribution in [2.24, 2.45) is 11.1 Å². The second-order valence-electron chi connectivity index (χ2n) is 6.11. The van der Waals surface area contributed by atoms with Crippen molar-refractivity contribution in [3.63, 3.8) is 0 Å². The summed E-state index contributed by atoms with van der Waals surface area (Å²) < 4.78 is 0. The molecule has 5 nitrogen and oxygen atoms in total. The average Bonchev–Trinajstić information content (AvgIpc) is 2.62. The molecule has 126 valence electrons. The molecule has 0 bridgehead atoms. The van der Waals surface area contributed by atoms with E-state index in [1.165, 1.54) is 5.39 Å². The van der Waals surface area contributed by atoms with E-state index in [1.54, 1.807) is 6.21 Å². The number of carbonyl (C=O) groups is 1. The quantitative estimate of drug-likeness (QED) is 0.503. The van der Waals surface area contributed by atoms with Gasteiger partial charge in [0.2, 0.25) is 0 Å². The van der Waals surface area contributed by atoms with Gasteiger partial charge in [0, 0.05) is 18.7 Å². The standard InChI is InChI=1S/C19H22N2O3/c22-19(23)17-8-4-10-21(14-17)11-12-24-20-13-16-7-3-6-15-5-1-2-9-18(15)16/h1-3,5-7,9,13,17H,4,8,10-12,14H2,(H,22,23)/b20-13+. The number of hydrogen-bond acceptors (Lipinski definition) is 4. The molecule has 2 aromatic rings. The van der Waals surface area contributed by atoms with Gasteiger partial charge in [0.25, 0.3) is 0 Å². The first-order valence-corrected chi connectivity index (χ1v) is 8.32. The number of likely N-dealkylation sites (tertiary alicyclic amines) is 1.